The van der Waals surface area contributed by atoms with Gasteiger partial charge < -0.3 is 15.1 Å². The third-order valence-corrected chi connectivity index (χ3v) is 3.10. The summed E-state index contributed by atoms with van der Waals surface area (Å²) in [5.74, 6) is 3.83. The van der Waals surface area contributed by atoms with E-state index in [9.17, 15) is 0 Å². The van der Waals surface area contributed by atoms with Crippen molar-refractivity contribution in [2.24, 2.45) is 0 Å². The van der Waals surface area contributed by atoms with E-state index in [-0.39, 0.29) is 6.04 Å². The van der Waals surface area contributed by atoms with Gasteiger partial charge in [-0.05, 0) is 26.0 Å². The van der Waals surface area contributed by atoms with Crippen LogP contribution in [0.15, 0.2) is 28.9 Å². The van der Waals surface area contributed by atoms with Crippen molar-refractivity contribution in [3.05, 3.63) is 36.0 Å². The first-order chi connectivity index (χ1) is 10.1. The fraction of sp³-hybridized carbons (Fsp3) is 0.500. The summed E-state index contributed by atoms with van der Waals surface area (Å²) in [5, 5.41) is 6.68. The summed E-state index contributed by atoms with van der Waals surface area (Å²) in [6.07, 6.45) is 2.53. The first kappa shape index (κ1) is 15.4. The normalized spacial score (nSPS) is 12.4. The Balaban J connectivity index is 2.10. The predicted molar refractivity (Wildman–Crippen MR) is 85.8 cm³/mol. The molecule has 0 aromatic carbocycles. The van der Waals surface area contributed by atoms with Crippen LogP contribution in [-0.2, 0) is 6.42 Å². The number of furan rings is 1. The summed E-state index contributed by atoms with van der Waals surface area (Å²) in [4.78, 5) is 9.12. The van der Waals surface area contributed by atoms with Gasteiger partial charge in [-0.2, -0.15) is 0 Å². The van der Waals surface area contributed by atoms with Crippen LogP contribution in [0.2, 0.25) is 0 Å². The quantitative estimate of drug-likeness (QED) is 0.814. The van der Waals surface area contributed by atoms with Crippen molar-refractivity contribution in [2.45, 2.75) is 46.1 Å². The SMILES string of the molecule is CCNc1cc(NC(C)Cc2ccco2)nc(C(C)C)n1. The molecule has 21 heavy (non-hydrogen) atoms. The second-order valence-corrected chi connectivity index (χ2v) is 5.51. The van der Waals surface area contributed by atoms with Crippen LogP contribution in [0.3, 0.4) is 0 Å². The van der Waals surface area contributed by atoms with Crippen LogP contribution in [0.25, 0.3) is 0 Å². The van der Waals surface area contributed by atoms with Crippen LogP contribution in [0.5, 0.6) is 0 Å². The molecule has 0 saturated heterocycles. The Morgan fingerprint density at radius 3 is 2.57 bits per heavy atom. The Hall–Kier alpha value is -2.04. The zero-order chi connectivity index (χ0) is 15.2. The monoisotopic (exact) mass is 288 g/mol. The summed E-state index contributed by atoms with van der Waals surface area (Å²) < 4.78 is 5.38. The van der Waals surface area contributed by atoms with E-state index in [0.717, 1.165) is 36.2 Å². The lowest BCUT2D eigenvalue weighted by Gasteiger charge is -2.16. The molecule has 114 valence electrons. The van der Waals surface area contributed by atoms with Gasteiger partial charge in [0.2, 0.25) is 0 Å². The third kappa shape index (κ3) is 4.48. The Kier molecular flexibility index (Phi) is 5.20. The lowest BCUT2D eigenvalue weighted by molar-refractivity contribution is 0.497. The molecule has 0 amide bonds. The van der Waals surface area contributed by atoms with E-state index in [0.29, 0.717) is 5.92 Å². The molecule has 1 unspecified atom stereocenters. The molecular formula is C16H24N4O. The van der Waals surface area contributed by atoms with Gasteiger partial charge in [0, 0.05) is 31.0 Å². The van der Waals surface area contributed by atoms with E-state index in [1.165, 1.54) is 0 Å². The van der Waals surface area contributed by atoms with Gasteiger partial charge in [-0.1, -0.05) is 13.8 Å². The summed E-state index contributed by atoms with van der Waals surface area (Å²) in [7, 11) is 0. The van der Waals surface area contributed by atoms with Gasteiger partial charge in [-0.15, -0.1) is 0 Å². The highest BCUT2D eigenvalue weighted by atomic mass is 16.3. The lowest BCUT2D eigenvalue weighted by Crippen LogP contribution is -2.19. The van der Waals surface area contributed by atoms with Crippen molar-refractivity contribution in [1.29, 1.82) is 0 Å². The van der Waals surface area contributed by atoms with Crippen molar-refractivity contribution in [3.8, 4) is 0 Å². The van der Waals surface area contributed by atoms with E-state index in [2.05, 4.69) is 48.3 Å². The number of nitrogens with zero attached hydrogens (tertiary/aromatic N) is 2. The van der Waals surface area contributed by atoms with Crippen LogP contribution in [0.4, 0.5) is 11.6 Å². The zero-order valence-electron chi connectivity index (χ0n) is 13.2. The van der Waals surface area contributed by atoms with Crippen LogP contribution in [-0.4, -0.2) is 22.6 Å². The van der Waals surface area contributed by atoms with Crippen molar-refractivity contribution >= 4 is 11.6 Å². The van der Waals surface area contributed by atoms with Crippen molar-refractivity contribution in [2.75, 3.05) is 17.2 Å². The number of hydrogen-bond acceptors (Lipinski definition) is 5. The van der Waals surface area contributed by atoms with Gasteiger partial charge in [0.15, 0.2) is 0 Å². The number of nitrogens with one attached hydrogen (secondary N) is 2. The van der Waals surface area contributed by atoms with Crippen LogP contribution < -0.4 is 10.6 Å². The highest BCUT2D eigenvalue weighted by Gasteiger charge is 2.11. The van der Waals surface area contributed by atoms with Crippen molar-refractivity contribution < 1.29 is 4.42 Å². The second kappa shape index (κ2) is 7.11. The Bertz CT molecular complexity index is 551. The Morgan fingerprint density at radius 1 is 1.19 bits per heavy atom. The maximum Gasteiger partial charge on any atom is 0.135 e. The van der Waals surface area contributed by atoms with Crippen LogP contribution in [0.1, 0.15) is 45.2 Å². The largest absolute Gasteiger partial charge is 0.469 e. The molecule has 0 aliphatic heterocycles. The average Bonchev–Trinajstić information content (AvgIpc) is 2.91. The first-order valence-corrected chi connectivity index (χ1v) is 7.50. The van der Waals surface area contributed by atoms with E-state index in [1.807, 2.05) is 18.2 Å². The minimum atomic E-state index is 0.237. The van der Waals surface area contributed by atoms with Gasteiger partial charge in [-0.25, -0.2) is 9.97 Å². The summed E-state index contributed by atoms with van der Waals surface area (Å²) >= 11 is 0. The number of hydrogen-bond donors (Lipinski definition) is 2. The second-order valence-electron chi connectivity index (χ2n) is 5.51. The molecule has 1 atom stereocenters. The molecule has 2 rings (SSSR count). The first-order valence-electron chi connectivity index (χ1n) is 7.50. The summed E-state index contributed by atoms with van der Waals surface area (Å²) in [6.45, 7) is 9.22. The van der Waals surface area contributed by atoms with Crippen molar-refractivity contribution in [1.82, 2.24) is 9.97 Å². The molecular weight excluding hydrogens is 264 g/mol. The molecule has 0 radical (unpaired) electrons. The maximum absolute atomic E-state index is 5.38. The molecule has 2 N–H and O–H groups in total. The summed E-state index contributed by atoms with van der Waals surface area (Å²) in [6, 6.07) is 6.09. The molecule has 2 aromatic heterocycles. The molecule has 5 heteroatoms. The van der Waals surface area contributed by atoms with Gasteiger partial charge in [0.05, 0.1) is 6.26 Å². The standard InChI is InChI=1S/C16H24N4O/c1-5-17-14-10-15(20-16(19-14)11(2)3)18-12(4)9-13-7-6-8-21-13/h6-8,10-12H,5,9H2,1-4H3,(H2,17,18,19,20). The van der Waals surface area contributed by atoms with E-state index in [4.69, 9.17) is 4.42 Å². The van der Waals surface area contributed by atoms with Gasteiger partial charge in [-0.3, -0.25) is 0 Å². The molecule has 2 heterocycles. The average molecular weight is 288 g/mol. The zero-order valence-corrected chi connectivity index (χ0v) is 13.2. The molecule has 2 aromatic rings. The molecule has 0 spiro atoms. The molecule has 5 nitrogen and oxygen atoms in total. The Morgan fingerprint density at radius 2 is 1.95 bits per heavy atom. The highest BCUT2D eigenvalue weighted by molar-refractivity contribution is 5.48. The predicted octanol–water partition coefficient (Wildman–Crippen LogP) is 3.67. The summed E-state index contributed by atoms with van der Waals surface area (Å²) in [5.41, 5.74) is 0. The van der Waals surface area contributed by atoms with E-state index in [1.54, 1.807) is 6.26 Å². The smallest absolute Gasteiger partial charge is 0.135 e. The van der Waals surface area contributed by atoms with Gasteiger partial charge >= 0.3 is 0 Å². The van der Waals surface area contributed by atoms with E-state index >= 15 is 0 Å². The van der Waals surface area contributed by atoms with Crippen LogP contribution >= 0.6 is 0 Å². The molecule has 0 aliphatic rings. The highest BCUT2D eigenvalue weighted by Crippen LogP contribution is 2.18. The van der Waals surface area contributed by atoms with E-state index < -0.39 is 0 Å². The Labute approximate surface area is 126 Å². The van der Waals surface area contributed by atoms with Crippen molar-refractivity contribution in [3.63, 3.8) is 0 Å². The minimum Gasteiger partial charge on any atom is -0.469 e. The molecule has 0 fully saturated rings. The van der Waals surface area contributed by atoms with Crippen LogP contribution in [0, 0.1) is 0 Å². The topological polar surface area (TPSA) is 63.0 Å². The third-order valence-electron chi connectivity index (χ3n) is 3.10. The fourth-order valence-electron chi connectivity index (χ4n) is 2.10. The number of rotatable bonds is 7. The molecule has 0 aliphatic carbocycles. The lowest BCUT2D eigenvalue weighted by atomic mass is 10.2. The van der Waals surface area contributed by atoms with Gasteiger partial charge in [0.25, 0.3) is 0 Å². The fourth-order valence-corrected chi connectivity index (χ4v) is 2.10. The number of aromatic nitrogens is 2. The van der Waals surface area contributed by atoms with Gasteiger partial charge in [0.1, 0.15) is 23.2 Å². The maximum atomic E-state index is 5.38. The molecule has 0 bridgehead atoms. The number of anilines is 2. The minimum absolute atomic E-state index is 0.237. The molecule has 0 saturated carbocycles.